The Balaban J connectivity index is 1.91. The zero-order chi connectivity index (χ0) is 30.0. The van der Waals surface area contributed by atoms with Crippen molar-refractivity contribution in [3.8, 4) is 0 Å². The molecule has 3 aromatic rings. The standard InChI is InChI=1S/C31H37Cl2N3O4S/c1-4-18-34-31(38)29(21-24-12-6-5-7-13-24)35(22-26-27(32)15-9-16-28(26)33)30(37)17-10-19-36(41(3,39)40)25-14-8-11-23(2)20-25/h5-9,11-16,20,29H,4,10,17-19,21-22H2,1-3H3,(H,34,38)/t29-/m1/s1. The van der Waals surface area contributed by atoms with Gasteiger partial charge in [0.1, 0.15) is 6.04 Å². The fourth-order valence-electron chi connectivity index (χ4n) is 4.56. The number of carbonyl (C=O) groups excluding carboxylic acids is 2. The predicted molar refractivity (Wildman–Crippen MR) is 167 cm³/mol. The summed E-state index contributed by atoms with van der Waals surface area (Å²) in [6, 6.07) is 21.0. The number of halogens is 2. The molecule has 0 aliphatic rings. The molecular formula is C31H37Cl2N3O4S. The number of rotatable bonds is 14. The van der Waals surface area contributed by atoms with Crippen LogP contribution in [0.1, 0.15) is 42.9 Å². The molecule has 0 fully saturated rings. The van der Waals surface area contributed by atoms with Gasteiger partial charge in [-0.05, 0) is 55.2 Å². The third kappa shape index (κ3) is 9.48. The lowest BCUT2D eigenvalue weighted by molar-refractivity contribution is -0.141. The molecule has 41 heavy (non-hydrogen) atoms. The van der Waals surface area contributed by atoms with Crippen LogP contribution in [-0.4, -0.2) is 50.5 Å². The maximum Gasteiger partial charge on any atom is 0.243 e. The maximum atomic E-state index is 13.9. The molecule has 7 nitrogen and oxygen atoms in total. The van der Waals surface area contributed by atoms with Gasteiger partial charge in [0, 0.05) is 48.1 Å². The van der Waals surface area contributed by atoms with Crippen LogP contribution in [0.15, 0.2) is 72.8 Å². The van der Waals surface area contributed by atoms with Gasteiger partial charge in [0.15, 0.2) is 0 Å². The van der Waals surface area contributed by atoms with Gasteiger partial charge in [0.05, 0.1) is 11.9 Å². The molecule has 1 N–H and O–H groups in total. The molecule has 2 amide bonds. The van der Waals surface area contributed by atoms with Crippen molar-refractivity contribution in [2.45, 2.75) is 52.1 Å². The molecular weight excluding hydrogens is 581 g/mol. The van der Waals surface area contributed by atoms with Crippen molar-refractivity contribution in [3.63, 3.8) is 0 Å². The lowest BCUT2D eigenvalue weighted by atomic mass is 10.0. The fourth-order valence-corrected chi connectivity index (χ4v) is 6.03. The molecule has 0 unspecified atom stereocenters. The molecule has 10 heteroatoms. The Bertz CT molecular complexity index is 1410. The maximum absolute atomic E-state index is 13.9. The van der Waals surface area contributed by atoms with Gasteiger partial charge in [0.25, 0.3) is 0 Å². The van der Waals surface area contributed by atoms with Gasteiger partial charge in [-0.2, -0.15) is 0 Å². The highest BCUT2D eigenvalue weighted by molar-refractivity contribution is 7.92. The quantitative estimate of drug-likeness (QED) is 0.240. The van der Waals surface area contributed by atoms with Gasteiger partial charge in [-0.1, -0.05) is 78.7 Å². The summed E-state index contributed by atoms with van der Waals surface area (Å²) in [4.78, 5) is 28.9. The van der Waals surface area contributed by atoms with E-state index in [1.807, 2.05) is 50.2 Å². The number of carbonyl (C=O) groups is 2. The molecule has 220 valence electrons. The number of amides is 2. The van der Waals surface area contributed by atoms with Crippen molar-refractivity contribution in [3.05, 3.63) is 99.5 Å². The highest BCUT2D eigenvalue weighted by atomic mass is 35.5. The van der Waals surface area contributed by atoms with Crippen LogP contribution in [0.4, 0.5) is 5.69 Å². The number of hydrogen-bond donors (Lipinski definition) is 1. The van der Waals surface area contributed by atoms with E-state index in [2.05, 4.69) is 5.32 Å². The molecule has 0 saturated carbocycles. The molecule has 0 aliphatic carbocycles. The summed E-state index contributed by atoms with van der Waals surface area (Å²) >= 11 is 13.0. The van der Waals surface area contributed by atoms with E-state index in [1.54, 1.807) is 36.4 Å². The Labute approximate surface area is 253 Å². The van der Waals surface area contributed by atoms with E-state index in [0.717, 1.165) is 23.8 Å². The van der Waals surface area contributed by atoms with Gasteiger partial charge >= 0.3 is 0 Å². The van der Waals surface area contributed by atoms with E-state index in [4.69, 9.17) is 23.2 Å². The number of hydrogen-bond acceptors (Lipinski definition) is 4. The number of anilines is 1. The van der Waals surface area contributed by atoms with E-state index in [9.17, 15) is 18.0 Å². The highest BCUT2D eigenvalue weighted by Gasteiger charge is 2.31. The van der Waals surface area contributed by atoms with Crippen LogP contribution in [0.2, 0.25) is 10.0 Å². The smallest absolute Gasteiger partial charge is 0.243 e. The van der Waals surface area contributed by atoms with Gasteiger partial charge < -0.3 is 10.2 Å². The number of aryl methyl sites for hydroxylation is 1. The Kier molecular flexibility index (Phi) is 12.1. The summed E-state index contributed by atoms with van der Waals surface area (Å²) in [7, 11) is -3.58. The third-order valence-corrected chi connectivity index (χ3v) is 8.55. The van der Waals surface area contributed by atoms with Crippen molar-refractivity contribution in [1.29, 1.82) is 0 Å². The average Bonchev–Trinajstić information content (AvgIpc) is 2.92. The zero-order valence-electron chi connectivity index (χ0n) is 23.6. The van der Waals surface area contributed by atoms with Crippen LogP contribution in [-0.2, 0) is 32.6 Å². The first-order valence-electron chi connectivity index (χ1n) is 13.6. The second-order valence-electron chi connectivity index (χ2n) is 10.00. The topological polar surface area (TPSA) is 86.8 Å². The van der Waals surface area contributed by atoms with E-state index < -0.39 is 16.1 Å². The molecule has 1 atom stereocenters. The normalized spacial score (nSPS) is 12.0. The zero-order valence-corrected chi connectivity index (χ0v) is 26.0. The minimum atomic E-state index is -3.58. The van der Waals surface area contributed by atoms with Crippen molar-refractivity contribution >= 4 is 50.7 Å². The molecule has 0 spiro atoms. The minimum Gasteiger partial charge on any atom is -0.354 e. The summed E-state index contributed by atoms with van der Waals surface area (Å²) in [6.07, 6.45) is 2.46. The number of nitrogens with one attached hydrogen (secondary N) is 1. The lowest BCUT2D eigenvalue weighted by Gasteiger charge is -2.32. The Morgan fingerprint density at radius 2 is 1.61 bits per heavy atom. The minimum absolute atomic E-state index is 0.0201. The fraction of sp³-hybridized carbons (Fsp3) is 0.355. The predicted octanol–water partition coefficient (Wildman–Crippen LogP) is 6.01. The molecule has 0 radical (unpaired) electrons. The summed E-state index contributed by atoms with van der Waals surface area (Å²) in [5.41, 5.74) is 2.91. The van der Waals surface area contributed by atoms with Gasteiger partial charge in [-0.15, -0.1) is 0 Å². The molecule has 0 bridgehead atoms. The first-order chi connectivity index (χ1) is 19.5. The van der Waals surface area contributed by atoms with Gasteiger partial charge in [0.2, 0.25) is 21.8 Å². The van der Waals surface area contributed by atoms with E-state index >= 15 is 0 Å². The third-order valence-electron chi connectivity index (χ3n) is 6.65. The monoisotopic (exact) mass is 617 g/mol. The van der Waals surface area contributed by atoms with E-state index in [1.165, 1.54) is 9.21 Å². The van der Waals surface area contributed by atoms with E-state index in [0.29, 0.717) is 34.3 Å². The SMILES string of the molecule is CCCNC(=O)[C@@H](Cc1ccccc1)N(Cc1c(Cl)cccc1Cl)C(=O)CCCN(c1cccc(C)c1)S(C)(=O)=O. The van der Waals surface area contributed by atoms with Crippen molar-refractivity contribution in [2.75, 3.05) is 23.7 Å². The second kappa shape index (κ2) is 15.2. The first kappa shape index (κ1) is 32.4. The highest BCUT2D eigenvalue weighted by Crippen LogP contribution is 2.28. The first-order valence-corrected chi connectivity index (χ1v) is 16.2. The molecule has 0 aromatic heterocycles. The number of nitrogens with zero attached hydrogens (tertiary/aromatic N) is 2. The van der Waals surface area contributed by atoms with Crippen molar-refractivity contribution < 1.29 is 18.0 Å². The molecule has 0 heterocycles. The summed E-state index contributed by atoms with van der Waals surface area (Å²) in [5.74, 6) is -0.573. The number of benzene rings is 3. The van der Waals surface area contributed by atoms with Crippen LogP contribution in [0, 0.1) is 6.92 Å². The van der Waals surface area contributed by atoms with Crippen LogP contribution in [0.3, 0.4) is 0 Å². The largest absolute Gasteiger partial charge is 0.354 e. The van der Waals surface area contributed by atoms with Gasteiger partial charge in [-0.3, -0.25) is 13.9 Å². The van der Waals surface area contributed by atoms with E-state index in [-0.39, 0.29) is 37.7 Å². The molecule has 3 rings (SSSR count). The Morgan fingerprint density at radius 1 is 0.951 bits per heavy atom. The number of sulfonamides is 1. The Morgan fingerprint density at radius 3 is 2.22 bits per heavy atom. The van der Waals surface area contributed by atoms with Crippen LogP contribution < -0.4 is 9.62 Å². The molecule has 0 aliphatic heterocycles. The second-order valence-corrected chi connectivity index (χ2v) is 12.7. The molecule has 3 aromatic carbocycles. The summed E-state index contributed by atoms with van der Waals surface area (Å²) in [5, 5.41) is 3.73. The molecule has 0 saturated heterocycles. The van der Waals surface area contributed by atoms with Crippen molar-refractivity contribution in [1.82, 2.24) is 10.2 Å². The Hall–Kier alpha value is -3.07. The summed E-state index contributed by atoms with van der Waals surface area (Å²) < 4.78 is 26.5. The van der Waals surface area contributed by atoms with Crippen LogP contribution in [0.5, 0.6) is 0 Å². The van der Waals surface area contributed by atoms with Crippen LogP contribution >= 0.6 is 23.2 Å². The summed E-state index contributed by atoms with van der Waals surface area (Å²) in [6.45, 7) is 4.46. The lowest BCUT2D eigenvalue weighted by Crippen LogP contribution is -2.50. The average molecular weight is 619 g/mol. The van der Waals surface area contributed by atoms with Crippen LogP contribution in [0.25, 0.3) is 0 Å². The van der Waals surface area contributed by atoms with Crippen molar-refractivity contribution in [2.24, 2.45) is 0 Å². The van der Waals surface area contributed by atoms with Gasteiger partial charge in [-0.25, -0.2) is 8.42 Å².